The molecule has 2 aromatic rings. The highest BCUT2D eigenvalue weighted by molar-refractivity contribution is 6.17. The number of nitrogens with zero attached hydrogens (tertiary/aromatic N) is 2. The molecule has 1 aromatic heterocycles. The Labute approximate surface area is 124 Å². The Morgan fingerprint density at radius 2 is 2.30 bits per heavy atom. The first kappa shape index (κ1) is 13.9. The minimum absolute atomic E-state index is 0.0378. The average molecular weight is 293 g/mol. The topological polar surface area (TPSA) is 27.1 Å². The Hall–Kier alpha value is -1.06. The van der Waals surface area contributed by atoms with Gasteiger partial charge < -0.3 is 9.30 Å². The number of benzene rings is 1. The standard InChI is InChI=1S/C16H21ClN2O/c1-11-5-4-6-13-15(11)18-14(7-9-17)19(13)16(3)8-10-20-12(16)2/h4-6,12H,7-10H2,1-3H3. The maximum Gasteiger partial charge on any atom is 0.111 e. The maximum absolute atomic E-state index is 5.98. The molecule has 3 rings (SSSR count). The van der Waals surface area contributed by atoms with Crippen molar-refractivity contribution in [3.8, 4) is 0 Å². The number of halogens is 1. The largest absolute Gasteiger partial charge is 0.376 e. The zero-order chi connectivity index (χ0) is 14.3. The van der Waals surface area contributed by atoms with Crippen LogP contribution in [0.15, 0.2) is 18.2 Å². The Kier molecular flexibility index (Phi) is 3.51. The predicted octanol–water partition coefficient (Wildman–Crippen LogP) is 3.65. The van der Waals surface area contributed by atoms with Crippen LogP contribution in [-0.4, -0.2) is 28.1 Å². The van der Waals surface area contributed by atoms with E-state index in [0.717, 1.165) is 30.8 Å². The highest BCUT2D eigenvalue weighted by Crippen LogP contribution is 2.37. The third-order valence-corrected chi connectivity index (χ3v) is 4.83. The van der Waals surface area contributed by atoms with Gasteiger partial charge in [0.2, 0.25) is 0 Å². The van der Waals surface area contributed by atoms with Crippen LogP contribution in [0.5, 0.6) is 0 Å². The summed E-state index contributed by atoms with van der Waals surface area (Å²) in [5.41, 5.74) is 3.47. The van der Waals surface area contributed by atoms with Crippen LogP contribution in [-0.2, 0) is 16.7 Å². The Bertz CT molecular complexity index is 637. The lowest BCUT2D eigenvalue weighted by atomic mass is 9.93. The summed E-state index contributed by atoms with van der Waals surface area (Å²) in [5.74, 6) is 1.66. The van der Waals surface area contributed by atoms with Gasteiger partial charge in [0.1, 0.15) is 5.82 Å². The Balaban J connectivity index is 2.27. The fourth-order valence-corrected chi connectivity index (χ4v) is 3.40. The number of aromatic nitrogens is 2. The number of imidazole rings is 1. The number of ether oxygens (including phenoxy) is 1. The molecule has 1 saturated heterocycles. The van der Waals surface area contributed by atoms with Crippen molar-refractivity contribution in [1.82, 2.24) is 9.55 Å². The van der Waals surface area contributed by atoms with Crippen LogP contribution in [0.4, 0.5) is 0 Å². The maximum atomic E-state index is 5.98. The van der Waals surface area contributed by atoms with E-state index in [2.05, 4.69) is 43.5 Å². The molecular weight excluding hydrogens is 272 g/mol. The van der Waals surface area contributed by atoms with Gasteiger partial charge in [-0.15, -0.1) is 11.6 Å². The Morgan fingerprint density at radius 3 is 2.95 bits per heavy atom. The molecule has 3 nitrogen and oxygen atoms in total. The summed E-state index contributed by atoms with van der Waals surface area (Å²) in [7, 11) is 0. The van der Waals surface area contributed by atoms with E-state index in [1.54, 1.807) is 0 Å². The molecule has 2 heterocycles. The van der Waals surface area contributed by atoms with E-state index in [4.69, 9.17) is 21.3 Å². The second-order valence-corrected chi connectivity index (χ2v) is 6.24. The molecule has 0 amide bonds. The molecule has 2 unspecified atom stereocenters. The van der Waals surface area contributed by atoms with Gasteiger partial charge >= 0.3 is 0 Å². The zero-order valence-corrected chi connectivity index (χ0v) is 13.1. The fourth-order valence-electron chi connectivity index (χ4n) is 3.23. The van der Waals surface area contributed by atoms with Gasteiger partial charge in [-0.2, -0.15) is 0 Å². The van der Waals surface area contributed by atoms with Gasteiger partial charge in [0.15, 0.2) is 0 Å². The van der Waals surface area contributed by atoms with Crippen molar-refractivity contribution >= 4 is 22.6 Å². The molecule has 1 aromatic carbocycles. The zero-order valence-electron chi connectivity index (χ0n) is 12.3. The van der Waals surface area contributed by atoms with E-state index in [0.29, 0.717) is 5.88 Å². The first-order valence-electron chi connectivity index (χ1n) is 7.23. The summed E-state index contributed by atoms with van der Waals surface area (Å²) in [6.07, 6.45) is 2.00. The van der Waals surface area contributed by atoms with Crippen molar-refractivity contribution in [3.63, 3.8) is 0 Å². The smallest absolute Gasteiger partial charge is 0.111 e. The molecule has 20 heavy (non-hydrogen) atoms. The van der Waals surface area contributed by atoms with Crippen molar-refractivity contribution in [2.45, 2.75) is 45.3 Å². The number of hydrogen-bond acceptors (Lipinski definition) is 2. The lowest BCUT2D eigenvalue weighted by Crippen LogP contribution is -2.38. The lowest BCUT2D eigenvalue weighted by Gasteiger charge is -2.32. The molecule has 0 saturated carbocycles. The monoisotopic (exact) mass is 292 g/mol. The van der Waals surface area contributed by atoms with E-state index in [1.165, 1.54) is 11.1 Å². The molecule has 0 aliphatic carbocycles. The number of hydrogen-bond donors (Lipinski definition) is 0. The second-order valence-electron chi connectivity index (χ2n) is 5.87. The van der Waals surface area contributed by atoms with Gasteiger partial charge in [-0.05, 0) is 38.8 Å². The van der Waals surface area contributed by atoms with Crippen LogP contribution in [0, 0.1) is 6.92 Å². The molecule has 0 spiro atoms. The fraction of sp³-hybridized carbons (Fsp3) is 0.562. The number of fused-ring (bicyclic) bond motifs is 1. The molecule has 2 atom stereocenters. The summed E-state index contributed by atoms with van der Waals surface area (Å²) in [6, 6.07) is 6.37. The van der Waals surface area contributed by atoms with Crippen molar-refractivity contribution in [2.24, 2.45) is 0 Å². The van der Waals surface area contributed by atoms with Crippen molar-refractivity contribution in [2.75, 3.05) is 12.5 Å². The van der Waals surface area contributed by atoms with E-state index in [9.17, 15) is 0 Å². The van der Waals surface area contributed by atoms with Gasteiger partial charge in [-0.25, -0.2) is 4.98 Å². The van der Waals surface area contributed by atoms with E-state index < -0.39 is 0 Å². The first-order valence-corrected chi connectivity index (χ1v) is 7.76. The lowest BCUT2D eigenvalue weighted by molar-refractivity contribution is 0.0764. The number of alkyl halides is 1. The van der Waals surface area contributed by atoms with Gasteiger partial charge in [0.25, 0.3) is 0 Å². The van der Waals surface area contributed by atoms with E-state index >= 15 is 0 Å². The second kappa shape index (κ2) is 5.05. The van der Waals surface area contributed by atoms with Crippen LogP contribution in [0.3, 0.4) is 0 Å². The van der Waals surface area contributed by atoms with E-state index in [1.807, 2.05) is 0 Å². The Morgan fingerprint density at radius 1 is 1.50 bits per heavy atom. The molecule has 1 aliphatic heterocycles. The van der Waals surface area contributed by atoms with Crippen LogP contribution >= 0.6 is 11.6 Å². The normalized spacial score (nSPS) is 26.5. The minimum Gasteiger partial charge on any atom is -0.376 e. The van der Waals surface area contributed by atoms with Gasteiger partial charge in [0.05, 0.1) is 22.7 Å². The van der Waals surface area contributed by atoms with E-state index in [-0.39, 0.29) is 11.6 Å². The first-order chi connectivity index (χ1) is 9.58. The molecule has 108 valence electrons. The predicted molar refractivity (Wildman–Crippen MR) is 82.6 cm³/mol. The third kappa shape index (κ3) is 1.95. The average Bonchev–Trinajstić information content (AvgIpc) is 2.93. The quantitative estimate of drug-likeness (QED) is 0.808. The molecule has 0 bridgehead atoms. The highest BCUT2D eigenvalue weighted by atomic mass is 35.5. The number of rotatable bonds is 3. The van der Waals surface area contributed by atoms with Crippen molar-refractivity contribution in [1.29, 1.82) is 0 Å². The summed E-state index contributed by atoms with van der Waals surface area (Å²) in [4.78, 5) is 4.85. The summed E-state index contributed by atoms with van der Waals surface area (Å²) in [6.45, 7) is 7.34. The molecular formula is C16H21ClN2O. The molecule has 1 fully saturated rings. The molecule has 0 N–H and O–H groups in total. The number of para-hydroxylation sites is 1. The van der Waals surface area contributed by atoms with Crippen molar-refractivity contribution < 1.29 is 4.74 Å². The third-order valence-electron chi connectivity index (χ3n) is 4.64. The summed E-state index contributed by atoms with van der Waals surface area (Å²) >= 11 is 5.98. The van der Waals surface area contributed by atoms with Gasteiger partial charge in [-0.3, -0.25) is 0 Å². The van der Waals surface area contributed by atoms with Crippen LogP contribution in [0.1, 0.15) is 31.7 Å². The van der Waals surface area contributed by atoms with Gasteiger partial charge in [0, 0.05) is 18.9 Å². The highest BCUT2D eigenvalue weighted by Gasteiger charge is 2.41. The van der Waals surface area contributed by atoms with Crippen LogP contribution in [0.25, 0.3) is 11.0 Å². The summed E-state index contributed by atoms with van der Waals surface area (Å²) < 4.78 is 8.19. The molecule has 0 radical (unpaired) electrons. The van der Waals surface area contributed by atoms with Gasteiger partial charge in [-0.1, -0.05) is 12.1 Å². The van der Waals surface area contributed by atoms with Crippen molar-refractivity contribution in [3.05, 3.63) is 29.6 Å². The van der Waals surface area contributed by atoms with Crippen LogP contribution in [0.2, 0.25) is 0 Å². The minimum atomic E-state index is -0.0378. The van der Waals surface area contributed by atoms with Crippen LogP contribution < -0.4 is 0 Å². The summed E-state index contributed by atoms with van der Waals surface area (Å²) in [5, 5.41) is 0. The molecule has 4 heteroatoms. The number of aryl methyl sites for hydroxylation is 2. The SMILES string of the molecule is Cc1cccc2c1nc(CCCl)n2C1(C)CCOC1C. The molecule has 1 aliphatic rings.